The van der Waals surface area contributed by atoms with E-state index in [9.17, 15) is 4.79 Å². The summed E-state index contributed by atoms with van der Waals surface area (Å²) in [4.78, 5) is 13.2. The molecular formula is C13H16N2O2S. The zero-order valence-electron chi connectivity index (χ0n) is 10.3. The molecule has 0 atom stereocenters. The Morgan fingerprint density at radius 1 is 1.39 bits per heavy atom. The topological polar surface area (TPSA) is 41.6 Å². The smallest absolute Gasteiger partial charge is 0.227 e. The standard InChI is InChI=1S/C13H16N2O2S/c1-17-11-4-2-10(3-5-11)6-8-15-9-7-12(16)14-13(15)18/h2-5H,6-9H2,1H3,(H,14,16,18). The van der Waals surface area contributed by atoms with Gasteiger partial charge in [0.15, 0.2) is 5.11 Å². The Morgan fingerprint density at radius 2 is 2.11 bits per heavy atom. The zero-order valence-corrected chi connectivity index (χ0v) is 11.1. The molecule has 0 aromatic heterocycles. The fraction of sp³-hybridized carbons (Fsp3) is 0.385. The lowest BCUT2D eigenvalue weighted by Crippen LogP contribution is -2.49. The van der Waals surface area contributed by atoms with E-state index < -0.39 is 0 Å². The van der Waals surface area contributed by atoms with Crippen molar-refractivity contribution < 1.29 is 9.53 Å². The Labute approximate surface area is 112 Å². The molecule has 2 rings (SSSR count). The van der Waals surface area contributed by atoms with Crippen molar-refractivity contribution in [2.24, 2.45) is 0 Å². The first-order valence-corrected chi connectivity index (χ1v) is 6.31. The minimum absolute atomic E-state index is 0.0145. The van der Waals surface area contributed by atoms with E-state index in [1.807, 2.05) is 29.2 Å². The van der Waals surface area contributed by atoms with E-state index in [1.165, 1.54) is 5.56 Å². The van der Waals surface area contributed by atoms with Gasteiger partial charge in [-0.25, -0.2) is 0 Å². The number of nitrogens with zero attached hydrogens (tertiary/aromatic N) is 1. The van der Waals surface area contributed by atoms with Crippen LogP contribution in [0.3, 0.4) is 0 Å². The van der Waals surface area contributed by atoms with Crippen molar-refractivity contribution in [1.29, 1.82) is 0 Å². The van der Waals surface area contributed by atoms with Gasteiger partial charge in [0.2, 0.25) is 5.91 Å². The Balaban J connectivity index is 1.87. The van der Waals surface area contributed by atoms with Gasteiger partial charge in [0.25, 0.3) is 0 Å². The van der Waals surface area contributed by atoms with E-state index in [2.05, 4.69) is 5.32 Å². The Bertz CT molecular complexity index is 445. The maximum Gasteiger partial charge on any atom is 0.227 e. The number of methoxy groups -OCH3 is 1. The van der Waals surface area contributed by atoms with E-state index in [4.69, 9.17) is 17.0 Å². The molecule has 1 aliphatic rings. The Hall–Kier alpha value is -1.62. The molecule has 1 N–H and O–H groups in total. The van der Waals surface area contributed by atoms with Gasteiger partial charge < -0.3 is 15.0 Å². The van der Waals surface area contributed by atoms with Gasteiger partial charge >= 0.3 is 0 Å². The SMILES string of the molecule is COc1ccc(CCN2CCC(=O)NC2=S)cc1. The number of nitrogens with one attached hydrogen (secondary N) is 1. The van der Waals surface area contributed by atoms with Gasteiger partial charge in [-0.2, -0.15) is 0 Å². The van der Waals surface area contributed by atoms with Crippen molar-refractivity contribution in [3.8, 4) is 5.75 Å². The lowest BCUT2D eigenvalue weighted by atomic mass is 10.1. The van der Waals surface area contributed by atoms with Gasteiger partial charge in [-0.1, -0.05) is 12.1 Å². The lowest BCUT2D eigenvalue weighted by molar-refractivity contribution is -0.120. The van der Waals surface area contributed by atoms with Crippen molar-refractivity contribution in [1.82, 2.24) is 10.2 Å². The third kappa shape index (κ3) is 3.20. The van der Waals surface area contributed by atoms with Crippen LogP contribution >= 0.6 is 12.2 Å². The van der Waals surface area contributed by atoms with Crippen molar-refractivity contribution in [2.75, 3.05) is 20.2 Å². The van der Waals surface area contributed by atoms with Gasteiger partial charge in [0.1, 0.15) is 5.75 Å². The second-order valence-electron chi connectivity index (χ2n) is 4.19. The highest BCUT2D eigenvalue weighted by molar-refractivity contribution is 7.80. The van der Waals surface area contributed by atoms with Crippen molar-refractivity contribution in [3.05, 3.63) is 29.8 Å². The molecule has 1 heterocycles. The van der Waals surface area contributed by atoms with E-state index in [0.717, 1.165) is 18.7 Å². The maximum atomic E-state index is 11.1. The maximum absolute atomic E-state index is 11.1. The number of benzene rings is 1. The molecule has 1 aromatic rings. The van der Waals surface area contributed by atoms with Crippen molar-refractivity contribution in [3.63, 3.8) is 0 Å². The highest BCUT2D eigenvalue weighted by atomic mass is 32.1. The van der Waals surface area contributed by atoms with Crippen LogP contribution in [-0.2, 0) is 11.2 Å². The van der Waals surface area contributed by atoms with Crippen LogP contribution in [0.15, 0.2) is 24.3 Å². The highest BCUT2D eigenvalue weighted by Crippen LogP contribution is 2.12. The molecule has 96 valence electrons. The summed E-state index contributed by atoms with van der Waals surface area (Å²) in [7, 11) is 1.66. The number of hydrogen-bond donors (Lipinski definition) is 1. The first-order valence-electron chi connectivity index (χ1n) is 5.91. The number of rotatable bonds is 4. The minimum Gasteiger partial charge on any atom is -0.497 e. The Kier molecular flexibility index (Phi) is 4.15. The molecule has 1 saturated heterocycles. The largest absolute Gasteiger partial charge is 0.497 e. The molecule has 0 spiro atoms. The summed E-state index contributed by atoms with van der Waals surface area (Å²) >= 11 is 5.13. The average Bonchev–Trinajstić information content (AvgIpc) is 2.38. The zero-order chi connectivity index (χ0) is 13.0. The van der Waals surface area contributed by atoms with Gasteiger partial charge in [0.05, 0.1) is 7.11 Å². The molecule has 0 bridgehead atoms. The van der Waals surface area contributed by atoms with Crippen LogP contribution in [0.25, 0.3) is 0 Å². The highest BCUT2D eigenvalue weighted by Gasteiger charge is 2.18. The molecule has 1 fully saturated rings. The predicted molar refractivity (Wildman–Crippen MR) is 73.6 cm³/mol. The number of carbonyl (C=O) groups excluding carboxylic acids is 1. The van der Waals surface area contributed by atoms with Gasteiger partial charge in [-0.05, 0) is 36.3 Å². The lowest BCUT2D eigenvalue weighted by Gasteiger charge is -2.29. The number of amides is 1. The molecule has 0 radical (unpaired) electrons. The van der Waals surface area contributed by atoms with Crippen LogP contribution in [0, 0.1) is 0 Å². The Morgan fingerprint density at radius 3 is 2.72 bits per heavy atom. The molecule has 1 aliphatic heterocycles. The van der Waals surface area contributed by atoms with Gasteiger partial charge in [0, 0.05) is 19.5 Å². The number of hydrogen-bond acceptors (Lipinski definition) is 3. The van der Waals surface area contributed by atoms with Crippen molar-refractivity contribution in [2.45, 2.75) is 12.8 Å². The molecular weight excluding hydrogens is 248 g/mol. The number of ether oxygens (including phenoxy) is 1. The van der Waals surface area contributed by atoms with Crippen LogP contribution in [0.5, 0.6) is 5.75 Å². The first kappa shape index (κ1) is 12.8. The quantitative estimate of drug-likeness (QED) is 0.833. The summed E-state index contributed by atoms with van der Waals surface area (Å²) < 4.78 is 5.11. The molecule has 4 nitrogen and oxygen atoms in total. The van der Waals surface area contributed by atoms with Crippen molar-refractivity contribution >= 4 is 23.2 Å². The second kappa shape index (κ2) is 5.82. The van der Waals surface area contributed by atoms with E-state index in [-0.39, 0.29) is 5.91 Å². The third-order valence-electron chi connectivity index (χ3n) is 2.97. The summed E-state index contributed by atoms with van der Waals surface area (Å²) in [5.41, 5.74) is 1.23. The summed E-state index contributed by atoms with van der Waals surface area (Å²) in [6.45, 7) is 1.53. The van der Waals surface area contributed by atoms with Crippen LogP contribution in [0.2, 0.25) is 0 Å². The summed E-state index contributed by atoms with van der Waals surface area (Å²) in [5.74, 6) is 0.875. The predicted octanol–water partition coefficient (Wildman–Crippen LogP) is 1.34. The fourth-order valence-electron chi connectivity index (χ4n) is 1.87. The normalized spacial score (nSPS) is 15.5. The van der Waals surface area contributed by atoms with Crippen LogP contribution in [-0.4, -0.2) is 36.1 Å². The minimum atomic E-state index is 0.0145. The average molecular weight is 264 g/mol. The van der Waals surface area contributed by atoms with Gasteiger partial charge in [-0.15, -0.1) is 0 Å². The second-order valence-corrected chi connectivity index (χ2v) is 4.58. The molecule has 1 aromatic carbocycles. The fourth-order valence-corrected chi connectivity index (χ4v) is 2.16. The number of carbonyl (C=O) groups is 1. The summed E-state index contributed by atoms with van der Waals surface area (Å²) in [6.07, 6.45) is 1.42. The molecule has 18 heavy (non-hydrogen) atoms. The summed E-state index contributed by atoms with van der Waals surface area (Å²) in [6, 6.07) is 7.99. The monoisotopic (exact) mass is 264 g/mol. The molecule has 1 amide bonds. The molecule has 0 saturated carbocycles. The first-order chi connectivity index (χ1) is 8.69. The molecule has 0 unspecified atom stereocenters. The van der Waals surface area contributed by atoms with Crippen LogP contribution < -0.4 is 10.1 Å². The van der Waals surface area contributed by atoms with Crippen LogP contribution in [0.4, 0.5) is 0 Å². The summed E-state index contributed by atoms with van der Waals surface area (Å²) in [5, 5.41) is 3.22. The molecule has 5 heteroatoms. The third-order valence-corrected chi connectivity index (χ3v) is 3.33. The van der Waals surface area contributed by atoms with Crippen LogP contribution in [0.1, 0.15) is 12.0 Å². The van der Waals surface area contributed by atoms with Gasteiger partial charge in [-0.3, -0.25) is 4.79 Å². The molecule has 0 aliphatic carbocycles. The van der Waals surface area contributed by atoms with E-state index >= 15 is 0 Å². The van der Waals surface area contributed by atoms with E-state index in [0.29, 0.717) is 18.1 Å². The number of thiocarbonyl (C=S) groups is 1. The van der Waals surface area contributed by atoms with E-state index in [1.54, 1.807) is 7.11 Å².